The molecule has 0 aliphatic carbocycles. The van der Waals surface area contributed by atoms with Crippen molar-refractivity contribution in [1.82, 2.24) is 10.2 Å². The van der Waals surface area contributed by atoms with Gasteiger partial charge in [0.15, 0.2) is 0 Å². The van der Waals surface area contributed by atoms with Gasteiger partial charge in [-0.3, -0.25) is 9.59 Å². The molecule has 0 bridgehead atoms. The smallest absolute Gasteiger partial charge is 0.225 e. The van der Waals surface area contributed by atoms with E-state index in [4.69, 9.17) is 5.73 Å². The molecular formula is C16H23N3O2. The highest BCUT2D eigenvalue weighted by molar-refractivity contribution is 5.84. The van der Waals surface area contributed by atoms with Gasteiger partial charge in [-0.2, -0.15) is 0 Å². The third kappa shape index (κ3) is 3.61. The number of carbonyl (C=O) groups excluding carboxylic acids is 2. The van der Waals surface area contributed by atoms with Gasteiger partial charge in [-0.05, 0) is 24.9 Å². The lowest BCUT2D eigenvalue weighted by molar-refractivity contribution is -0.141. The van der Waals surface area contributed by atoms with Crippen molar-refractivity contribution in [2.75, 3.05) is 20.1 Å². The van der Waals surface area contributed by atoms with Crippen LogP contribution in [0.5, 0.6) is 0 Å². The molecule has 114 valence electrons. The van der Waals surface area contributed by atoms with Crippen LogP contribution < -0.4 is 11.1 Å². The first kappa shape index (κ1) is 15.5. The van der Waals surface area contributed by atoms with E-state index in [-0.39, 0.29) is 23.8 Å². The van der Waals surface area contributed by atoms with Crippen LogP contribution in [-0.2, 0) is 9.59 Å². The fraction of sp³-hybridized carbons (Fsp3) is 0.500. The van der Waals surface area contributed by atoms with E-state index >= 15 is 0 Å². The predicted molar refractivity (Wildman–Crippen MR) is 81.4 cm³/mol. The number of nitrogens with two attached hydrogens (primary N) is 1. The van der Waals surface area contributed by atoms with E-state index in [0.29, 0.717) is 25.9 Å². The highest BCUT2D eigenvalue weighted by Gasteiger charge is 2.38. The predicted octanol–water partition coefficient (Wildman–Crippen LogP) is 1.06. The highest BCUT2D eigenvalue weighted by atomic mass is 16.2. The molecule has 2 unspecified atom stereocenters. The fourth-order valence-corrected chi connectivity index (χ4v) is 2.86. The van der Waals surface area contributed by atoms with Crippen LogP contribution in [0.4, 0.5) is 0 Å². The quantitative estimate of drug-likeness (QED) is 0.796. The molecule has 5 nitrogen and oxygen atoms in total. The van der Waals surface area contributed by atoms with E-state index in [2.05, 4.69) is 5.32 Å². The minimum atomic E-state index is -0.201. The normalized spacial score (nSPS) is 22.2. The fourth-order valence-electron chi connectivity index (χ4n) is 2.86. The molecule has 0 radical (unpaired) electrons. The van der Waals surface area contributed by atoms with Gasteiger partial charge in [-0.1, -0.05) is 30.3 Å². The molecular weight excluding hydrogens is 266 g/mol. The van der Waals surface area contributed by atoms with Gasteiger partial charge >= 0.3 is 0 Å². The number of nitrogens with one attached hydrogen (secondary N) is 1. The third-order valence-corrected chi connectivity index (χ3v) is 4.02. The standard InChI is InChI=1S/C16H23N3O2/c1-19-14(20)9-8-13(16(21)18-11-5-10-17)15(19)12-6-3-2-4-7-12/h2-4,6-7,13,15H,5,8-11,17H2,1H3,(H,18,21). The largest absolute Gasteiger partial charge is 0.356 e. The van der Waals surface area contributed by atoms with Crippen molar-refractivity contribution < 1.29 is 9.59 Å². The minimum absolute atomic E-state index is 0.0108. The first-order valence-electron chi connectivity index (χ1n) is 7.43. The van der Waals surface area contributed by atoms with E-state index in [9.17, 15) is 9.59 Å². The van der Waals surface area contributed by atoms with Gasteiger partial charge in [-0.25, -0.2) is 0 Å². The summed E-state index contributed by atoms with van der Waals surface area (Å²) in [5.41, 5.74) is 6.45. The van der Waals surface area contributed by atoms with Gasteiger partial charge in [0.25, 0.3) is 0 Å². The summed E-state index contributed by atoms with van der Waals surface area (Å²) in [5, 5.41) is 2.93. The molecule has 1 aliphatic rings. The van der Waals surface area contributed by atoms with Crippen molar-refractivity contribution in [2.24, 2.45) is 11.7 Å². The van der Waals surface area contributed by atoms with Crippen LogP contribution in [0.3, 0.4) is 0 Å². The molecule has 0 saturated carbocycles. The second-order valence-corrected chi connectivity index (χ2v) is 5.44. The average molecular weight is 289 g/mol. The number of hydrogen-bond donors (Lipinski definition) is 2. The zero-order chi connectivity index (χ0) is 15.2. The van der Waals surface area contributed by atoms with E-state index in [0.717, 1.165) is 12.0 Å². The zero-order valence-corrected chi connectivity index (χ0v) is 12.4. The summed E-state index contributed by atoms with van der Waals surface area (Å²) in [5.74, 6) is -0.0978. The lowest BCUT2D eigenvalue weighted by Crippen LogP contribution is -2.46. The maximum absolute atomic E-state index is 12.4. The Kier molecular flexibility index (Phi) is 5.33. The number of likely N-dealkylation sites (tertiary alicyclic amines) is 1. The molecule has 1 saturated heterocycles. The van der Waals surface area contributed by atoms with Gasteiger partial charge in [0, 0.05) is 20.0 Å². The number of rotatable bonds is 5. The Balaban J connectivity index is 2.17. The van der Waals surface area contributed by atoms with E-state index in [1.165, 1.54) is 0 Å². The molecule has 1 aromatic carbocycles. The van der Waals surface area contributed by atoms with E-state index in [1.54, 1.807) is 11.9 Å². The molecule has 1 fully saturated rings. The zero-order valence-electron chi connectivity index (χ0n) is 12.4. The first-order valence-corrected chi connectivity index (χ1v) is 7.43. The molecule has 2 atom stereocenters. The number of nitrogens with zero attached hydrogens (tertiary/aromatic N) is 1. The van der Waals surface area contributed by atoms with Crippen LogP contribution in [0.15, 0.2) is 30.3 Å². The SMILES string of the molecule is CN1C(=O)CCC(C(=O)NCCCN)C1c1ccccc1. The maximum Gasteiger partial charge on any atom is 0.225 e. The van der Waals surface area contributed by atoms with E-state index < -0.39 is 0 Å². The third-order valence-electron chi connectivity index (χ3n) is 4.02. The Hall–Kier alpha value is -1.88. The molecule has 3 N–H and O–H groups in total. The van der Waals surface area contributed by atoms with Crippen LogP contribution >= 0.6 is 0 Å². The number of benzene rings is 1. The van der Waals surface area contributed by atoms with Crippen LogP contribution in [-0.4, -0.2) is 36.9 Å². The summed E-state index contributed by atoms with van der Waals surface area (Å²) in [7, 11) is 1.78. The van der Waals surface area contributed by atoms with Crippen LogP contribution in [0.2, 0.25) is 0 Å². The second kappa shape index (κ2) is 7.22. The number of piperidine rings is 1. The molecule has 2 amide bonds. The second-order valence-electron chi connectivity index (χ2n) is 5.44. The summed E-state index contributed by atoms with van der Waals surface area (Å²) < 4.78 is 0. The summed E-state index contributed by atoms with van der Waals surface area (Å²) in [6, 6.07) is 9.56. The van der Waals surface area contributed by atoms with Gasteiger partial charge in [0.05, 0.1) is 12.0 Å². The minimum Gasteiger partial charge on any atom is -0.356 e. The molecule has 0 spiro atoms. The van der Waals surface area contributed by atoms with Gasteiger partial charge < -0.3 is 16.0 Å². The van der Waals surface area contributed by atoms with Crippen LogP contribution in [0, 0.1) is 5.92 Å². The molecule has 1 heterocycles. The van der Waals surface area contributed by atoms with Gasteiger partial charge in [0.2, 0.25) is 11.8 Å². The molecule has 1 aliphatic heterocycles. The van der Waals surface area contributed by atoms with Crippen molar-refractivity contribution in [3.8, 4) is 0 Å². The lowest BCUT2D eigenvalue weighted by Gasteiger charge is -2.38. The summed E-state index contributed by atoms with van der Waals surface area (Å²) in [4.78, 5) is 26.1. The summed E-state index contributed by atoms with van der Waals surface area (Å²) in [6.45, 7) is 1.15. The van der Waals surface area contributed by atoms with Crippen molar-refractivity contribution in [3.05, 3.63) is 35.9 Å². The topological polar surface area (TPSA) is 75.4 Å². The Morgan fingerprint density at radius 1 is 1.38 bits per heavy atom. The first-order chi connectivity index (χ1) is 10.1. The summed E-state index contributed by atoms with van der Waals surface area (Å²) in [6.07, 6.45) is 1.79. The Morgan fingerprint density at radius 2 is 2.10 bits per heavy atom. The van der Waals surface area contributed by atoms with Gasteiger partial charge in [0.1, 0.15) is 0 Å². The number of amides is 2. The van der Waals surface area contributed by atoms with Crippen molar-refractivity contribution in [3.63, 3.8) is 0 Å². The Bertz CT molecular complexity index is 490. The van der Waals surface area contributed by atoms with Crippen LogP contribution in [0.25, 0.3) is 0 Å². The maximum atomic E-state index is 12.4. The number of carbonyl (C=O) groups is 2. The van der Waals surface area contributed by atoms with Crippen molar-refractivity contribution in [1.29, 1.82) is 0 Å². The molecule has 21 heavy (non-hydrogen) atoms. The monoisotopic (exact) mass is 289 g/mol. The van der Waals surface area contributed by atoms with Crippen molar-refractivity contribution in [2.45, 2.75) is 25.3 Å². The van der Waals surface area contributed by atoms with Crippen LogP contribution in [0.1, 0.15) is 30.9 Å². The Morgan fingerprint density at radius 3 is 2.76 bits per heavy atom. The average Bonchev–Trinajstić information content (AvgIpc) is 2.50. The highest BCUT2D eigenvalue weighted by Crippen LogP contribution is 2.35. The summed E-state index contributed by atoms with van der Waals surface area (Å²) >= 11 is 0. The molecule has 1 aromatic rings. The lowest BCUT2D eigenvalue weighted by atomic mass is 9.84. The molecule has 2 rings (SSSR count). The number of hydrogen-bond acceptors (Lipinski definition) is 3. The molecule has 5 heteroatoms. The van der Waals surface area contributed by atoms with Gasteiger partial charge in [-0.15, -0.1) is 0 Å². The van der Waals surface area contributed by atoms with Crippen molar-refractivity contribution >= 4 is 11.8 Å². The Labute approximate surface area is 125 Å². The molecule has 0 aromatic heterocycles. The van der Waals surface area contributed by atoms with E-state index in [1.807, 2.05) is 30.3 Å².